The predicted octanol–water partition coefficient (Wildman–Crippen LogP) is 5.50. The Morgan fingerprint density at radius 2 is 1.43 bits per heavy atom. The molecule has 0 fully saturated rings. The number of benzene rings is 1. The number of aryl methyl sites for hydroxylation is 1. The summed E-state index contributed by atoms with van der Waals surface area (Å²) in [6.45, 7) is 13.4. The molecule has 0 saturated carbocycles. The van der Waals surface area contributed by atoms with E-state index in [0.717, 1.165) is 0 Å². The van der Waals surface area contributed by atoms with Crippen LogP contribution in [0.5, 0.6) is 0 Å². The second-order valence-corrected chi connectivity index (χ2v) is 8.54. The Labute approximate surface area is 170 Å². The van der Waals surface area contributed by atoms with Crippen LogP contribution in [0.25, 0.3) is 0 Å². The molecule has 7 nitrogen and oxygen atoms in total. The zero-order chi connectivity index (χ0) is 21.9. The molecule has 0 radical (unpaired) electrons. The maximum atomic E-state index is 12.8. The number of rotatable bonds is 3. The van der Waals surface area contributed by atoms with Gasteiger partial charge in [0.2, 0.25) is 0 Å². The molecule has 0 bridgehead atoms. The summed E-state index contributed by atoms with van der Waals surface area (Å²) in [6, 6.07) is 2.80. The van der Waals surface area contributed by atoms with Gasteiger partial charge in [0, 0.05) is 5.02 Å². The van der Waals surface area contributed by atoms with E-state index in [1.165, 1.54) is 12.1 Å². The van der Waals surface area contributed by atoms with Gasteiger partial charge in [-0.3, -0.25) is 0 Å². The predicted molar refractivity (Wildman–Crippen MR) is 107 cm³/mol. The van der Waals surface area contributed by atoms with Crippen molar-refractivity contribution in [3.8, 4) is 0 Å². The fraction of sp³-hybridized carbons (Fsp3) is 0.550. The second-order valence-electron chi connectivity index (χ2n) is 8.14. The minimum absolute atomic E-state index is 0.0242. The molecule has 0 aromatic heterocycles. The van der Waals surface area contributed by atoms with Gasteiger partial charge in [-0.05, 0) is 73.1 Å². The van der Waals surface area contributed by atoms with Crippen LogP contribution in [0.1, 0.15) is 64.4 Å². The van der Waals surface area contributed by atoms with Crippen LogP contribution in [0, 0.1) is 6.92 Å². The average Bonchev–Trinajstić information content (AvgIpc) is 2.47. The Morgan fingerprint density at radius 3 is 1.82 bits per heavy atom. The molecule has 1 rings (SSSR count). The fourth-order valence-electron chi connectivity index (χ4n) is 2.11. The van der Waals surface area contributed by atoms with Gasteiger partial charge in [-0.2, -0.15) is 4.90 Å². The maximum absolute atomic E-state index is 12.8. The molecule has 0 saturated heterocycles. The monoisotopic (exact) mass is 413 g/mol. The van der Waals surface area contributed by atoms with Crippen molar-refractivity contribution >= 4 is 35.4 Å². The first kappa shape index (κ1) is 23.8. The highest BCUT2D eigenvalue weighted by molar-refractivity contribution is 6.32. The van der Waals surface area contributed by atoms with Crippen LogP contribution in [0.3, 0.4) is 0 Å². The lowest BCUT2D eigenvalue weighted by Crippen LogP contribution is -2.44. The molecule has 0 unspecified atom stereocenters. The van der Waals surface area contributed by atoms with Gasteiger partial charge >= 0.3 is 18.2 Å². The van der Waals surface area contributed by atoms with E-state index in [4.69, 9.17) is 25.8 Å². The Bertz CT molecular complexity index is 733. The summed E-state index contributed by atoms with van der Waals surface area (Å²) in [6.07, 6.45) is -1.96. The molecule has 156 valence electrons. The molecular weight excluding hydrogens is 386 g/mol. The summed E-state index contributed by atoms with van der Waals surface area (Å²) in [5, 5.41) is 0.292. The van der Waals surface area contributed by atoms with Gasteiger partial charge in [0.15, 0.2) is 0 Å². The van der Waals surface area contributed by atoms with Crippen LogP contribution in [-0.2, 0) is 14.2 Å². The maximum Gasteiger partial charge on any atom is 0.424 e. The van der Waals surface area contributed by atoms with E-state index in [1.807, 2.05) is 0 Å². The molecular formula is C20H28ClNO6. The van der Waals surface area contributed by atoms with E-state index in [2.05, 4.69) is 0 Å². The third-order valence-corrected chi connectivity index (χ3v) is 3.57. The summed E-state index contributed by atoms with van der Waals surface area (Å²) in [4.78, 5) is 38.8. The van der Waals surface area contributed by atoms with Crippen molar-refractivity contribution in [1.82, 2.24) is 0 Å². The summed E-state index contributed by atoms with van der Waals surface area (Å²) in [7, 11) is 0. The number of esters is 1. The molecule has 1 aromatic rings. The van der Waals surface area contributed by atoms with Gasteiger partial charge in [-0.1, -0.05) is 11.6 Å². The number of hydrogen-bond donors (Lipinski definition) is 0. The number of amides is 2. The summed E-state index contributed by atoms with van der Waals surface area (Å²) in [5.41, 5.74) is -1.26. The van der Waals surface area contributed by atoms with Crippen molar-refractivity contribution in [2.24, 2.45) is 0 Å². The zero-order valence-electron chi connectivity index (χ0n) is 17.6. The molecule has 28 heavy (non-hydrogen) atoms. The van der Waals surface area contributed by atoms with Crippen molar-refractivity contribution in [2.75, 3.05) is 11.5 Å². The van der Waals surface area contributed by atoms with Crippen LogP contribution in [0.4, 0.5) is 15.3 Å². The number of imide groups is 1. The molecule has 0 heterocycles. The van der Waals surface area contributed by atoms with E-state index in [9.17, 15) is 14.4 Å². The quantitative estimate of drug-likeness (QED) is 0.480. The van der Waals surface area contributed by atoms with Crippen LogP contribution in [-0.4, -0.2) is 36.0 Å². The van der Waals surface area contributed by atoms with Gasteiger partial charge in [-0.25, -0.2) is 14.4 Å². The van der Waals surface area contributed by atoms with Crippen molar-refractivity contribution in [1.29, 1.82) is 0 Å². The van der Waals surface area contributed by atoms with E-state index in [1.54, 1.807) is 55.4 Å². The van der Waals surface area contributed by atoms with Gasteiger partial charge in [0.05, 0.1) is 17.9 Å². The summed E-state index contributed by atoms with van der Waals surface area (Å²) >= 11 is 6.15. The van der Waals surface area contributed by atoms with Crippen molar-refractivity contribution in [3.05, 3.63) is 28.3 Å². The Kier molecular flexibility index (Phi) is 7.48. The van der Waals surface area contributed by atoms with Crippen molar-refractivity contribution < 1.29 is 28.6 Å². The number of nitrogens with zero attached hydrogens (tertiary/aromatic N) is 1. The zero-order valence-corrected chi connectivity index (χ0v) is 18.4. The number of hydrogen-bond acceptors (Lipinski definition) is 6. The highest BCUT2D eigenvalue weighted by atomic mass is 35.5. The highest BCUT2D eigenvalue weighted by Gasteiger charge is 2.35. The van der Waals surface area contributed by atoms with E-state index in [0.29, 0.717) is 15.5 Å². The third kappa shape index (κ3) is 6.71. The van der Waals surface area contributed by atoms with E-state index < -0.39 is 29.4 Å². The lowest BCUT2D eigenvalue weighted by atomic mass is 10.1. The number of anilines is 1. The number of carbonyl (C=O) groups excluding carboxylic acids is 3. The van der Waals surface area contributed by atoms with Gasteiger partial charge in [0.1, 0.15) is 11.2 Å². The minimum Gasteiger partial charge on any atom is -0.462 e. The van der Waals surface area contributed by atoms with Crippen LogP contribution in [0.2, 0.25) is 5.02 Å². The lowest BCUT2D eigenvalue weighted by molar-refractivity contribution is 0.0430. The van der Waals surface area contributed by atoms with Gasteiger partial charge < -0.3 is 14.2 Å². The Morgan fingerprint density at radius 1 is 0.964 bits per heavy atom. The molecule has 0 spiro atoms. The largest absolute Gasteiger partial charge is 0.462 e. The standard InChI is InChI=1S/C20H28ClNO6/c1-9-26-16(23)13-11-14(21)12(2)10-15(13)22(17(24)27-19(3,4)5)18(25)28-20(6,7)8/h10-11H,9H2,1-8H3. The molecule has 8 heteroatoms. The smallest absolute Gasteiger partial charge is 0.424 e. The third-order valence-electron chi connectivity index (χ3n) is 3.17. The van der Waals surface area contributed by atoms with Gasteiger partial charge in [-0.15, -0.1) is 0 Å². The van der Waals surface area contributed by atoms with Crippen molar-refractivity contribution in [2.45, 2.75) is 66.6 Å². The molecule has 0 aliphatic heterocycles. The summed E-state index contributed by atoms with van der Waals surface area (Å²) < 4.78 is 15.8. The second kappa shape index (κ2) is 8.82. The number of carbonyl (C=O) groups is 3. The van der Waals surface area contributed by atoms with Crippen LogP contribution < -0.4 is 4.90 Å². The Balaban J connectivity index is 3.60. The van der Waals surface area contributed by atoms with E-state index in [-0.39, 0.29) is 17.9 Å². The topological polar surface area (TPSA) is 82.1 Å². The minimum atomic E-state index is -0.978. The molecule has 0 aliphatic rings. The first-order chi connectivity index (χ1) is 12.7. The lowest BCUT2D eigenvalue weighted by Gasteiger charge is -2.29. The van der Waals surface area contributed by atoms with Gasteiger partial charge in [0.25, 0.3) is 0 Å². The molecule has 0 N–H and O–H groups in total. The molecule has 0 atom stereocenters. The molecule has 0 aliphatic carbocycles. The van der Waals surface area contributed by atoms with E-state index >= 15 is 0 Å². The normalized spacial score (nSPS) is 11.6. The van der Waals surface area contributed by atoms with Crippen molar-refractivity contribution in [3.63, 3.8) is 0 Å². The molecule has 1 aromatic carbocycles. The number of halogens is 1. The first-order valence-corrected chi connectivity index (χ1v) is 9.27. The first-order valence-electron chi connectivity index (χ1n) is 8.89. The SMILES string of the molecule is CCOC(=O)c1cc(Cl)c(C)cc1N(C(=O)OC(C)(C)C)C(=O)OC(C)(C)C. The van der Waals surface area contributed by atoms with Crippen LogP contribution in [0.15, 0.2) is 12.1 Å². The highest BCUT2D eigenvalue weighted by Crippen LogP contribution is 2.31. The average molecular weight is 414 g/mol. The Hall–Kier alpha value is -2.28. The van der Waals surface area contributed by atoms with Crippen LogP contribution >= 0.6 is 11.6 Å². The molecule has 2 amide bonds. The fourth-order valence-corrected chi connectivity index (χ4v) is 2.27. The number of ether oxygens (including phenoxy) is 3. The summed E-state index contributed by atoms with van der Waals surface area (Å²) in [5.74, 6) is -0.725.